The Labute approximate surface area is 160 Å². The molecule has 1 fully saturated rings. The summed E-state index contributed by atoms with van der Waals surface area (Å²) in [5.41, 5.74) is -1.70. The number of hydrogen-bond donors (Lipinski definition) is 2. The number of ether oxygens (including phenoxy) is 1. The predicted octanol–water partition coefficient (Wildman–Crippen LogP) is 3.14. The Kier molecular flexibility index (Phi) is 6.00. The van der Waals surface area contributed by atoms with Crippen molar-refractivity contribution < 1.29 is 27.8 Å². The molecule has 0 spiro atoms. The second-order valence-electron chi connectivity index (χ2n) is 6.79. The van der Waals surface area contributed by atoms with Gasteiger partial charge in [-0.25, -0.2) is 0 Å². The Hall–Kier alpha value is -2.45. The number of carbonyl (C=O) groups is 1. The minimum absolute atomic E-state index is 0.00427. The highest BCUT2D eigenvalue weighted by Gasteiger charge is 2.39. The molecule has 5 nitrogen and oxygen atoms in total. The van der Waals surface area contributed by atoms with Crippen molar-refractivity contribution in [2.75, 3.05) is 19.8 Å². The second-order valence-corrected chi connectivity index (χ2v) is 6.79. The summed E-state index contributed by atoms with van der Waals surface area (Å²) in [6.45, 7) is 0.981. The lowest BCUT2D eigenvalue weighted by molar-refractivity contribution is -0.141. The van der Waals surface area contributed by atoms with Crippen molar-refractivity contribution in [3.63, 3.8) is 0 Å². The number of amides is 1. The molecule has 3 rings (SSSR count). The van der Waals surface area contributed by atoms with E-state index in [0.29, 0.717) is 31.6 Å². The zero-order chi connectivity index (χ0) is 20.2. The highest BCUT2D eigenvalue weighted by atomic mass is 19.4. The molecule has 150 valence electrons. The maximum absolute atomic E-state index is 12.6. The molecular weight excluding hydrogens is 373 g/mol. The Bertz CT molecular complexity index is 791. The number of nitrogens with zero attached hydrogens (tertiary/aromatic N) is 1. The third kappa shape index (κ3) is 4.51. The SMILES string of the molecule is O=C(NC[C@@](O)(c1ccccc1)C1CCOCC1)c1ccc(C(F)(F)F)nc1. The van der Waals surface area contributed by atoms with E-state index in [-0.39, 0.29) is 18.0 Å². The minimum Gasteiger partial charge on any atom is -0.383 e. The molecule has 1 saturated heterocycles. The summed E-state index contributed by atoms with van der Waals surface area (Å²) in [6, 6.07) is 10.9. The molecule has 2 N–H and O–H groups in total. The van der Waals surface area contributed by atoms with Crippen LogP contribution in [0, 0.1) is 5.92 Å². The Morgan fingerprint density at radius 1 is 1.14 bits per heavy atom. The number of carbonyl (C=O) groups excluding carboxylic acids is 1. The van der Waals surface area contributed by atoms with E-state index in [9.17, 15) is 23.1 Å². The van der Waals surface area contributed by atoms with Crippen LogP contribution in [-0.4, -0.2) is 35.8 Å². The van der Waals surface area contributed by atoms with Crippen molar-refractivity contribution in [3.05, 3.63) is 65.5 Å². The van der Waals surface area contributed by atoms with Gasteiger partial charge in [0.1, 0.15) is 11.3 Å². The average molecular weight is 394 g/mol. The van der Waals surface area contributed by atoms with Crippen molar-refractivity contribution in [2.24, 2.45) is 5.92 Å². The van der Waals surface area contributed by atoms with Gasteiger partial charge < -0.3 is 15.2 Å². The van der Waals surface area contributed by atoms with Crippen LogP contribution in [0.2, 0.25) is 0 Å². The Morgan fingerprint density at radius 3 is 2.39 bits per heavy atom. The first-order chi connectivity index (χ1) is 13.3. The van der Waals surface area contributed by atoms with Crippen LogP contribution in [0.3, 0.4) is 0 Å². The fourth-order valence-corrected chi connectivity index (χ4v) is 3.40. The molecule has 1 aliphatic rings. The number of aromatic nitrogens is 1. The molecule has 1 aromatic heterocycles. The van der Waals surface area contributed by atoms with Crippen LogP contribution < -0.4 is 5.32 Å². The molecule has 0 bridgehead atoms. The third-order valence-corrected chi connectivity index (χ3v) is 5.00. The van der Waals surface area contributed by atoms with Crippen LogP contribution in [0.15, 0.2) is 48.7 Å². The number of alkyl halides is 3. The number of aliphatic hydroxyl groups is 1. The van der Waals surface area contributed by atoms with E-state index in [0.717, 1.165) is 18.3 Å². The lowest BCUT2D eigenvalue weighted by Crippen LogP contribution is -2.47. The van der Waals surface area contributed by atoms with Gasteiger partial charge in [-0.2, -0.15) is 13.2 Å². The van der Waals surface area contributed by atoms with Gasteiger partial charge in [0.15, 0.2) is 0 Å². The van der Waals surface area contributed by atoms with Gasteiger partial charge in [0.05, 0.1) is 12.1 Å². The fourth-order valence-electron chi connectivity index (χ4n) is 3.40. The molecule has 1 aromatic carbocycles. The van der Waals surface area contributed by atoms with Crippen LogP contribution in [0.1, 0.15) is 34.5 Å². The first-order valence-electron chi connectivity index (χ1n) is 8.98. The summed E-state index contributed by atoms with van der Waals surface area (Å²) >= 11 is 0. The summed E-state index contributed by atoms with van der Waals surface area (Å²) in [5.74, 6) is -0.711. The molecule has 0 unspecified atom stereocenters. The topological polar surface area (TPSA) is 71.5 Å². The fraction of sp³-hybridized carbons (Fsp3) is 0.400. The predicted molar refractivity (Wildman–Crippen MR) is 95.5 cm³/mol. The average Bonchev–Trinajstić information content (AvgIpc) is 2.72. The van der Waals surface area contributed by atoms with E-state index in [1.54, 1.807) is 24.3 Å². The second kappa shape index (κ2) is 8.28. The quantitative estimate of drug-likeness (QED) is 0.817. The van der Waals surface area contributed by atoms with E-state index < -0.39 is 23.4 Å². The number of benzene rings is 1. The molecule has 0 saturated carbocycles. The third-order valence-electron chi connectivity index (χ3n) is 5.00. The van der Waals surface area contributed by atoms with Gasteiger partial charge in [0.2, 0.25) is 0 Å². The van der Waals surface area contributed by atoms with Gasteiger partial charge in [0, 0.05) is 19.4 Å². The molecule has 8 heteroatoms. The van der Waals surface area contributed by atoms with Crippen LogP contribution in [0.4, 0.5) is 13.2 Å². The van der Waals surface area contributed by atoms with Crippen LogP contribution in [-0.2, 0) is 16.5 Å². The van der Waals surface area contributed by atoms with E-state index >= 15 is 0 Å². The van der Waals surface area contributed by atoms with Crippen LogP contribution >= 0.6 is 0 Å². The molecule has 1 amide bonds. The standard InChI is InChI=1S/C20H21F3N2O3/c21-20(22,23)17-7-6-14(12-24-17)18(26)25-13-19(27,15-4-2-1-3-5-15)16-8-10-28-11-9-16/h1-7,12,16,27H,8-11,13H2,(H,25,26)/t19-/m1/s1. The highest BCUT2D eigenvalue weighted by molar-refractivity contribution is 5.93. The number of halogens is 3. The highest BCUT2D eigenvalue weighted by Crippen LogP contribution is 2.35. The number of rotatable bonds is 5. The molecule has 1 aliphatic heterocycles. The van der Waals surface area contributed by atoms with Gasteiger partial charge in [-0.3, -0.25) is 9.78 Å². The summed E-state index contributed by atoms with van der Waals surface area (Å²) in [5, 5.41) is 14.1. The Morgan fingerprint density at radius 2 is 1.82 bits per heavy atom. The first kappa shape index (κ1) is 20.3. The number of pyridine rings is 1. The molecular formula is C20H21F3N2O3. The lowest BCUT2D eigenvalue weighted by atomic mass is 9.77. The first-order valence-corrected chi connectivity index (χ1v) is 8.98. The normalized spacial score (nSPS) is 17.7. The zero-order valence-corrected chi connectivity index (χ0v) is 15.1. The van der Waals surface area contributed by atoms with Crippen molar-refractivity contribution in [1.82, 2.24) is 10.3 Å². The minimum atomic E-state index is -4.56. The molecule has 2 heterocycles. The lowest BCUT2D eigenvalue weighted by Gasteiger charge is -2.39. The van der Waals surface area contributed by atoms with Crippen LogP contribution in [0.25, 0.3) is 0 Å². The van der Waals surface area contributed by atoms with E-state index in [1.807, 2.05) is 6.07 Å². The van der Waals surface area contributed by atoms with Crippen molar-refractivity contribution >= 4 is 5.91 Å². The zero-order valence-electron chi connectivity index (χ0n) is 15.1. The van der Waals surface area contributed by atoms with Crippen molar-refractivity contribution in [2.45, 2.75) is 24.6 Å². The van der Waals surface area contributed by atoms with Crippen LogP contribution in [0.5, 0.6) is 0 Å². The molecule has 0 radical (unpaired) electrons. The van der Waals surface area contributed by atoms with Crippen molar-refractivity contribution in [1.29, 1.82) is 0 Å². The van der Waals surface area contributed by atoms with Gasteiger partial charge in [-0.15, -0.1) is 0 Å². The maximum atomic E-state index is 12.6. The monoisotopic (exact) mass is 394 g/mol. The molecule has 2 aromatic rings. The maximum Gasteiger partial charge on any atom is 0.433 e. The summed E-state index contributed by atoms with van der Waals surface area (Å²) in [6.07, 6.45) is -2.40. The summed E-state index contributed by atoms with van der Waals surface area (Å²) in [4.78, 5) is 15.7. The van der Waals surface area contributed by atoms with Gasteiger partial charge >= 0.3 is 6.18 Å². The van der Waals surface area contributed by atoms with Gasteiger partial charge in [-0.05, 0) is 36.5 Å². The van der Waals surface area contributed by atoms with E-state index in [4.69, 9.17) is 4.74 Å². The molecule has 28 heavy (non-hydrogen) atoms. The summed E-state index contributed by atoms with van der Waals surface area (Å²) < 4.78 is 43.2. The number of hydrogen-bond acceptors (Lipinski definition) is 4. The van der Waals surface area contributed by atoms with E-state index in [1.165, 1.54) is 0 Å². The molecule has 1 atom stereocenters. The number of nitrogens with one attached hydrogen (secondary N) is 1. The molecule has 0 aliphatic carbocycles. The van der Waals surface area contributed by atoms with E-state index in [2.05, 4.69) is 10.3 Å². The van der Waals surface area contributed by atoms with Crippen molar-refractivity contribution in [3.8, 4) is 0 Å². The largest absolute Gasteiger partial charge is 0.433 e. The van der Waals surface area contributed by atoms with Gasteiger partial charge in [0.25, 0.3) is 5.91 Å². The van der Waals surface area contributed by atoms with Gasteiger partial charge in [-0.1, -0.05) is 30.3 Å². The smallest absolute Gasteiger partial charge is 0.383 e. The summed E-state index contributed by atoms with van der Waals surface area (Å²) in [7, 11) is 0. The Balaban J connectivity index is 1.75.